The van der Waals surface area contributed by atoms with Crippen molar-refractivity contribution in [3.8, 4) is 0 Å². The molecule has 110 valence electrons. The molecule has 0 saturated heterocycles. The molecule has 21 heavy (non-hydrogen) atoms. The average Bonchev–Trinajstić information content (AvgIpc) is 2.92. The summed E-state index contributed by atoms with van der Waals surface area (Å²) in [6, 6.07) is 8.08. The summed E-state index contributed by atoms with van der Waals surface area (Å²) in [7, 11) is 1.83. The molecular formula is C15H19N5O. The van der Waals surface area contributed by atoms with Gasteiger partial charge in [0.1, 0.15) is 6.33 Å². The molecule has 0 radical (unpaired) electrons. The molecule has 0 aliphatic carbocycles. The molecule has 2 heterocycles. The molecule has 1 atom stereocenters. The molecule has 3 rings (SSSR count). The molecule has 2 N–H and O–H groups in total. The second-order valence-electron chi connectivity index (χ2n) is 5.28. The summed E-state index contributed by atoms with van der Waals surface area (Å²) < 4.78 is 1.66. The van der Waals surface area contributed by atoms with Gasteiger partial charge >= 0.3 is 0 Å². The van der Waals surface area contributed by atoms with Crippen molar-refractivity contribution in [3.05, 3.63) is 47.5 Å². The van der Waals surface area contributed by atoms with Crippen molar-refractivity contribution in [1.82, 2.24) is 25.4 Å². The Labute approximate surface area is 123 Å². The first-order chi connectivity index (χ1) is 10.2. The van der Waals surface area contributed by atoms with Crippen molar-refractivity contribution >= 4 is 5.91 Å². The summed E-state index contributed by atoms with van der Waals surface area (Å²) in [4.78, 5) is 16.3. The van der Waals surface area contributed by atoms with Crippen LogP contribution in [0.15, 0.2) is 30.6 Å². The molecule has 0 saturated carbocycles. The van der Waals surface area contributed by atoms with Gasteiger partial charge in [-0.3, -0.25) is 9.48 Å². The van der Waals surface area contributed by atoms with E-state index in [0.29, 0.717) is 13.0 Å². The van der Waals surface area contributed by atoms with Gasteiger partial charge in [-0.2, -0.15) is 5.10 Å². The number of nitrogens with one attached hydrogen (secondary N) is 2. The smallest absolute Gasteiger partial charge is 0.237 e. The van der Waals surface area contributed by atoms with E-state index in [1.54, 1.807) is 11.0 Å². The fraction of sp³-hybridized carbons (Fsp3) is 0.400. The summed E-state index contributed by atoms with van der Waals surface area (Å²) in [6.07, 6.45) is 3.05. The van der Waals surface area contributed by atoms with Crippen molar-refractivity contribution in [2.45, 2.75) is 25.4 Å². The number of carbonyl (C=O) groups excluding carboxylic acids is 1. The Morgan fingerprint density at radius 3 is 3.00 bits per heavy atom. The molecule has 0 bridgehead atoms. The topological polar surface area (TPSA) is 71.8 Å². The molecule has 1 aliphatic heterocycles. The normalized spacial score (nSPS) is 17.3. The zero-order chi connectivity index (χ0) is 14.7. The predicted octanol–water partition coefficient (Wildman–Crippen LogP) is 0.188. The highest BCUT2D eigenvalue weighted by molar-refractivity contribution is 5.82. The molecule has 1 aliphatic rings. The van der Waals surface area contributed by atoms with E-state index in [-0.39, 0.29) is 11.9 Å². The monoisotopic (exact) mass is 285 g/mol. The largest absolute Gasteiger partial charge is 0.354 e. The van der Waals surface area contributed by atoms with E-state index in [9.17, 15) is 4.79 Å². The van der Waals surface area contributed by atoms with Crippen LogP contribution in [0, 0.1) is 0 Å². The Kier molecular flexibility index (Phi) is 3.96. The Bertz CT molecular complexity index is 636. The van der Waals surface area contributed by atoms with Gasteiger partial charge in [0.2, 0.25) is 5.91 Å². The van der Waals surface area contributed by atoms with Crippen LogP contribution in [-0.2, 0) is 31.2 Å². The Morgan fingerprint density at radius 2 is 2.24 bits per heavy atom. The Balaban J connectivity index is 1.50. The maximum absolute atomic E-state index is 12.2. The van der Waals surface area contributed by atoms with Crippen molar-refractivity contribution in [2.24, 2.45) is 7.05 Å². The van der Waals surface area contributed by atoms with Crippen LogP contribution in [0.1, 0.15) is 17.0 Å². The van der Waals surface area contributed by atoms with Crippen LogP contribution in [0.4, 0.5) is 0 Å². The van der Waals surface area contributed by atoms with Crippen LogP contribution in [0.2, 0.25) is 0 Å². The summed E-state index contributed by atoms with van der Waals surface area (Å²) >= 11 is 0. The minimum Gasteiger partial charge on any atom is -0.354 e. The number of nitrogens with zero attached hydrogens (tertiary/aromatic N) is 3. The fourth-order valence-electron chi connectivity index (χ4n) is 2.56. The van der Waals surface area contributed by atoms with Crippen molar-refractivity contribution in [3.63, 3.8) is 0 Å². The van der Waals surface area contributed by atoms with Crippen molar-refractivity contribution in [1.29, 1.82) is 0 Å². The Morgan fingerprint density at radius 1 is 1.43 bits per heavy atom. The van der Waals surface area contributed by atoms with Crippen LogP contribution in [0.25, 0.3) is 0 Å². The average molecular weight is 285 g/mol. The lowest BCUT2D eigenvalue weighted by Crippen LogP contribution is -2.48. The van der Waals surface area contributed by atoms with Crippen LogP contribution in [0.3, 0.4) is 0 Å². The summed E-state index contributed by atoms with van der Waals surface area (Å²) in [6.45, 7) is 1.30. The van der Waals surface area contributed by atoms with Gasteiger partial charge in [0, 0.05) is 26.6 Å². The zero-order valence-corrected chi connectivity index (χ0v) is 12.0. The van der Waals surface area contributed by atoms with E-state index >= 15 is 0 Å². The standard InChI is InChI=1S/C15H19N5O/c1-20-10-18-14(19-20)6-7-16-15(21)13-8-11-4-2-3-5-12(11)9-17-13/h2-5,10,13,17H,6-9H2,1H3,(H,16,21). The van der Waals surface area contributed by atoms with E-state index in [1.807, 2.05) is 19.2 Å². The predicted molar refractivity (Wildman–Crippen MR) is 78.5 cm³/mol. The molecule has 6 nitrogen and oxygen atoms in total. The minimum atomic E-state index is -0.156. The van der Waals surface area contributed by atoms with Gasteiger partial charge in [0.05, 0.1) is 6.04 Å². The maximum atomic E-state index is 12.2. The van der Waals surface area contributed by atoms with Gasteiger partial charge in [-0.15, -0.1) is 0 Å². The summed E-state index contributed by atoms with van der Waals surface area (Å²) in [5, 5.41) is 10.4. The van der Waals surface area contributed by atoms with Gasteiger partial charge < -0.3 is 10.6 Å². The number of amides is 1. The second kappa shape index (κ2) is 6.05. The van der Waals surface area contributed by atoms with E-state index in [2.05, 4.69) is 32.8 Å². The lowest BCUT2D eigenvalue weighted by molar-refractivity contribution is -0.123. The van der Waals surface area contributed by atoms with Crippen LogP contribution >= 0.6 is 0 Å². The van der Waals surface area contributed by atoms with E-state index in [1.165, 1.54) is 11.1 Å². The first kappa shape index (κ1) is 13.8. The number of hydrogen-bond donors (Lipinski definition) is 2. The third-order valence-electron chi connectivity index (χ3n) is 3.69. The molecule has 1 aromatic carbocycles. The first-order valence-corrected chi connectivity index (χ1v) is 7.15. The van der Waals surface area contributed by atoms with Gasteiger partial charge in [-0.05, 0) is 17.5 Å². The number of aromatic nitrogens is 3. The number of benzene rings is 1. The van der Waals surface area contributed by atoms with Gasteiger partial charge in [-0.1, -0.05) is 24.3 Å². The molecule has 2 aromatic rings. The lowest BCUT2D eigenvalue weighted by Gasteiger charge is -2.25. The molecule has 1 aromatic heterocycles. The Hall–Kier alpha value is -2.21. The number of hydrogen-bond acceptors (Lipinski definition) is 4. The number of aryl methyl sites for hydroxylation is 1. The van der Waals surface area contributed by atoms with E-state index in [4.69, 9.17) is 0 Å². The minimum absolute atomic E-state index is 0.0421. The van der Waals surface area contributed by atoms with Crippen molar-refractivity contribution < 1.29 is 4.79 Å². The highest BCUT2D eigenvalue weighted by Gasteiger charge is 2.23. The van der Waals surface area contributed by atoms with Gasteiger partial charge in [-0.25, -0.2) is 4.98 Å². The van der Waals surface area contributed by atoms with E-state index in [0.717, 1.165) is 18.8 Å². The van der Waals surface area contributed by atoms with E-state index < -0.39 is 0 Å². The highest BCUT2D eigenvalue weighted by atomic mass is 16.2. The van der Waals surface area contributed by atoms with Crippen LogP contribution in [0.5, 0.6) is 0 Å². The van der Waals surface area contributed by atoms with Gasteiger partial charge in [0.25, 0.3) is 0 Å². The number of fused-ring (bicyclic) bond motifs is 1. The second-order valence-corrected chi connectivity index (χ2v) is 5.28. The number of rotatable bonds is 4. The lowest BCUT2D eigenvalue weighted by atomic mass is 9.95. The molecule has 6 heteroatoms. The molecule has 1 amide bonds. The summed E-state index contributed by atoms with van der Waals surface area (Å²) in [5.74, 6) is 0.792. The van der Waals surface area contributed by atoms with Crippen molar-refractivity contribution in [2.75, 3.05) is 6.54 Å². The molecular weight excluding hydrogens is 266 g/mol. The number of carbonyl (C=O) groups is 1. The SMILES string of the molecule is Cn1cnc(CCNC(=O)C2Cc3ccccc3CN2)n1. The fourth-order valence-corrected chi connectivity index (χ4v) is 2.56. The van der Waals surface area contributed by atoms with Gasteiger partial charge in [0.15, 0.2) is 5.82 Å². The van der Waals surface area contributed by atoms with Crippen LogP contribution < -0.4 is 10.6 Å². The maximum Gasteiger partial charge on any atom is 0.237 e. The molecule has 0 spiro atoms. The van der Waals surface area contributed by atoms with Crippen LogP contribution in [-0.4, -0.2) is 33.3 Å². The molecule has 1 unspecified atom stereocenters. The summed E-state index contributed by atoms with van der Waals surface area (Å²) in [5.41, 5.74) is 2.53. The molecule has 0 fully saturated rings. The zero-order valence-electron chi connectivity index (χ0n) is 12.0. The quantitative estimate of drug-likeness (QED) is 0.841. The first-order valence-electron chi connectivity index (χ1n) is 7.15. The third-order valence-corrected chi connectivity index (χ3v) is 3.69. The third kappa shape index (κ3) is 3.28. The highest BCUT2D eigenvalue weighted by Crippen LogP contribution is 2.16.